The summed E-state index contributed by atoms with van der Waals surface area (Å²) in [6.45, 7) is 2.05. The van der Waals surface area contributed by atoms with Gasteiger partial charge in [0.15, 0.2) is 9.61 Å². The summed E-state index contributed by atoms with van der Waals surface area (Å²) in [4.78, 5) is 15.8. The van der Waals surface area contributed by atoms with E-state index in [1.807, 2.05) is 24.3 Å². The molecule has 1 aromatic heterocycles. The minimum atomic E-state index is -0.993. The molecular weight excluding hydrogens is 302 g/mol. The van der Waals surface area contributed by atoms with Gasteiger partial charge in [-0.15, -0.1) is 11.3 Å². The fourth-order valence-corrected chi connectivity index (χ4v) is 3.18. The van der Waals surface area contributed by atoms with E-state index in [1.165, 1.54) is 11.3 Å². The highest BCUT2D eigenvalue weighted by atomic mass is 79.9. The van der Waals surface area contributed by atoms with Gasteiger partial charge in [-0.25, -0.2) is 9.78 Å². The van der Waals surface area contributed by atoms with Crippen molar-refractivity contribution < 1.29 is 9.90 Å². The predicted octanol–water partition coefficient (Wildman–Crippen LogP) is 3.83. The molecule has 2 aromatic rings. The van der Waals surface area contributed by atoms with Crippen LogP contribution in [0.1, 0.15) is 23.0 Å². The minimum absolute atomic E-state index is 0.114. The summed E-state index contributed by atoms with van der Waals surface area (Å²) in [5.74, 6) is -0.993. The van der Waals surface area contributed by atoms with Crippen molar-refractivity contribution >= 4 is 33.2 Å². The van der Waals surface area contributed by atoms with Crippen LogP contribution in [0.3, 0.4) is 0 Å². The van der Waals surface area contributed by atoms with E-state index in [0.717, 1.165) is 17.5 Å². The monoisotopic (exact) mass is 311 g/mol. The Labute approximate surface area is 111 Å². The van der Waals surface area contributed by atoms with Crippen LogP contribution in [-0.2, 0) is 6.42 Å². The van der Waals surface area contributed by atoms with Crippen LogP contribution >= 0.6 is 27.3 Å². The molecule has 88 valence electrons. The van der Waals surface area contributed by atoms with E-state index in [2.05, 4.69) is 27.8 Å². The van der Waals surface area contributed by atoms with Gasteiger partial charge in [-0.2, -0.15) is 0 Å². The number of rotatable bonds is 3. The van der Waals surface area contributed by atoms with Crippen LogP contribution in [-0.4, -0.2) is 16.1 Å². The molecule has 0 saturated heterocycles. The maximum absolute atomic E-state index is 11.1. The van der Waals surface area contributed by atoms with Gasteiger partial charge in [0.25, 0.3) is 0 Å². The number of benzene rings is 1. The third-order valence-electron chi connectivity index (χ3n) is 2.45. The largest absolute Gasteiger partial charge is 0.476 e. The molecule has 0 radical (unpaired) electrons. The molecule has 3 nitrogen and oxygen atoms in total. The fourth-order valence-electron chi connectivity index (χ4n) is 1.67. The summed E-state index contributed by atoms with van der Waals surface area (Å²) in [5.41, 5.74) is 2.20. The Morgan fingerprint density at radius 1 is 1.47 bits per heavy atom. The molecule has 1 aromatic carbocycles. The van der Waals surface area contributed by atoms with Gasteiger partial charge in [-0.05, 0) is 33.5 Å². The molecule has 0 aliphatic rings. The van der Waals surface area contributed by atoms with Gasteiger partial charge in [0.2, 0.25) is 0 Å². The van der Waals surface area contributed by atoms with Crippen LogP contribution in [0.4, 0.5) is 0 Å². The van der Waals surface area contributed by atoms with E-state index in [0.29, 0.717) is 8.79 Å². The maximum atomic E-state index is 11.1. The van der Waals surface area contributed by atoms with Crippen molar-refractivity contribution in [2.45, 2.75) is 13.3 Å². The van der Waals surface area contributed by atoms with Crippen LogP contribution in [0.5, 0.6) is 0 Å². The second-order valence-electron chi connectivity index (χ2n) is 3.46. The molecule has 17 heavy (non-hydrogen) atoms. The first-order chi connectivity index (χ1) is 8.13. The van der Waals surface area contributed by atoms with Gasteiger partial charge >= 0.3 is 5.97 Å². The number of carboxylic acids is 1. The lowest BCUT2D eigenvalue weighted by Gasteiger charge is -2.05. The number of aromatic nitrogens is 1. The number of hydrogen-bond acceptors (Lipinski definition) is 3. The number of carboxylic acid groups (broad SMARTS) is 1. The summed E-state index contributed by atoms with van der Waals surface area (Å²) in [5, 5.41) is 9.13. The molecule has 0 saturated carbocycles. The van der Waals surface area contributed by atoms with Crippen LogP contribution < -0.4 is 0 Å². The van der Waals surface area contributed by atoms with Crippen LogP contribution in [0.2, 0.25) is 0 Å². The van der Waals surface area contributed by atoms with Crippen molar-refractivity contribution in [1.29, 1.82) is 0 Å². The molecule has 0 aliphatic carbocycles. The summed E-state index contributed by atoms with van der Waals surface area (Å²) in [6.07, 6.45) is 0.866. The zero-order valence-electron chi connectivity index (χ0n) is 9.11. The highest BCUT2D eigenvalue weighted by Gasteiger charge is 2.19. The van der Waals surface area contributed by atoms with E-state index < -0.39 is 5.97 Å². The zero-order chi connectivity index (χ0) is 12.4. The Bertz CT molecular complexity index is 565. The summed E-state index contributed by atoms with van der Waals surface area (Å²) in [7, 11) is 0. The highest BCUT2D eigenvalue weighted by molar-refractivity contribution is 9.11. The molecule has 0 aliphatic heterocycles. The molecular formula is C12H10BrNO2S. The van der Waals surface area contributed by atoms with E-state index >= 15 is 0 Å². The normalized spacial score (nSPS) is 10.5. The van der Waals surface area contributed by atoms with Crippen molar-refractivity contribution in [1.82, 2.24) is 4.98 Å². The first-order valence-electron chi connectivity index (χ1n) is 5.11. The van der Waals surface area contributed by atoms with Crippen LogP contribution in [0, 0.1) is 0 Å². The molecule has 5 heteroatoms. The molecule has 1 N–H and O–H groups in total. The van der Waals surface area contributed by atoms with Crippen molar-refractivity contribution in [3.8, 4) is 10.4 Å². The molecule has 0 amide bonds. The molecule has 1 heterocycles. The number of aryl methyl sites for hydroxylation is 1. The van der Waals surface area contributed by atoms with E-state index in [9.17, 15) is 4.79 Å². The predicted molar refractivity (Wildman–Crippen MR) is 71.6 cm³/mol. The van der Waals surface area contributed by atoms with Crippen LogP contribution in [0.15, 0.2) is 28.2 Å². The summed E-state index contributed by atoms with van der Waals surface area (Å²) >= 11 is 4.59. The minimum Gasteiger partial charge on any atom is -0.476 e. The van der Waals surface area contributed by atoms with Gasteiger partial charge in [-0.3, -0.25) is 0 Å². The molecule has 0 fully saturated rings. The van der Waals surface area contributed by atoms with Gasteiger partial charge in [-0.1, -0.05) is 31.2 Å². The Morgan fingerprint density at radius 2 is 2.18 bits per heavy atom. The molecule has 0 atom stereocenters. The SMILES string of the molecule is CCc1ccccc1-c1sc(Br)nc1C(=O)O. The topological polar surface area (TPSA) is 50.2 Å². The van der Waals surface area contributed by atoms with E-state index in [1.54, 1.807) is 0 Å². The van der Waals surface area contributed by atoms with Crippen molar-refractivity contribution in [2.24, 2.45) is 0 Å². The second kappa shape index (κ2) is 4.98. The number of carbonyl (C=O) groups is 1. The standard InChI is InChI=1S/C12H10BrNO2S/c1-2-7-5-3-4-6-8(7)10-9(11(15)16)14-12(13)17-10/h3-6H,2H2,1H3,(H,15,16). The number of hydrogen-bond donors (Lipinski definition) is 1. The maximum Gasteiger partial charge on any atom is 0.356 e. The average molecular weight is 312 g/mol. The van der Waals surface area contributed by atoms with Crippen LogP contribution in [0.25, 0.3) is 10.4 Å². The molecule has 0 bridgehead atoms. The fraction of sp³-hybridized carbons (Fsp3) is 0.167. The number of halogens is 1. The van der Waals surface area contributed by atoms with Gasteiger partial charge in [0, 0.05) is 0 Å². The Morgan fingerprint density at radius 3 is 2.82 bits per heavy atom. The first kappa shape index (κ1) is 12.3. The smallest absolute Gasteiger partial charge is 0.356 e. The summed E-state index contributed by atoms with van der Waals surface area (Å²) in [6, 6.07) is 7.81. The first-order valence-corrected chi connectivity index (χ1v) is 6.72. The summed E-state index contributed by atoms with van der Waals surface area (Å²) < 4.78 is 0.593. The van der Waals surface area contributed by atoms with Gasteiger partial charge < -0.3 is 5.11 Å². The Balaban J connectivity index is 2.63. The van der Waals surface area contributed by atoms with Crippen molar-refractivity contribution in [3.63, 3.8) is 0 Å². The molecule has 0 unspecified atom stereocenters. The average Bonchev–Trinajstić information content (AvgIpc) is 2.71. The number of thiazole rings is 1. The Hall–Kier alpha value is -1.20. The van der Waals surface area contributed by atoms with Gasteiger partial charge in [0.1, 0.15) is 0 Å². The lowest BCUT2D eigenvalue weighted by Crippen LogP contribution is -1.99. The number of aromatic carboxylic acids is 1. The van der Waals surface area contributed by atoms with E-state index in [4.69, 9.17) is 5.11 Å². The highest BCUT2D eigenvalue weighted by Crippen LogP contribution is 2.35. The van der Waals surface area contributed by atoms with Crippen molar-refractivity contribution in [2.75, 3.05) is 0 Å². The molecule has 2 rings (SSSR count). The van der Waals surface area contributed by atoms with E-state index in [-0.39, 0.29) is 5.69 Å². The van der Waals surface area contributed by atoms with Crippen molar-refractivity contribution in [3.05, 3.63) is 39.4 Å². The Kier molecular flexibility index (Phi) is 3.59. The zero-order valence-corrected chi connectivity index (χ0v) is 11.5. The quantitative estimate of drug-likeness (QED) is 0.937. The lowest BCUT2D eigenvalue weighted by molar-refractivity contribution is 0.0692. The third kappa shape index (κ3) is 2.40. The van der Waals surface area contributed by atoms with Gasteiger partial charge in [0.05, 0.1) is 4.88 Å². The third-order valence-corrected chi connectivity index (χ3v) is 3.99. The molecule has 0 spiro atoms. The second-order valence-corrected chi connectivity index (χ2v) is 5.74. The lowest BCUT2D eigenvalue weighted by atomic mass is 10.0. The number of nitrogens with zero attached hydrogens (tertiary/aromatic N) is 1.